The highest BCUT2D eigenvalue weighted by Crippen LogP contribution is 2.40. The molecule has 2 N–H and O–H groups in total. The summed E-state index contributed by atoms with van der Waals surface area (Å²) in [6, 6.07) is 12.7. The van der Waals surface area contributed by atoms with Crippen LogP contribution in [0.1, 0.15) is 81.9 Å². The highest BCUT2D eigenvalue weighted by Gasteiger charge is 2.47. The number of para-hydroxylation sites is 1. The second kappa shape index (κ2) is 9.65. The standard InChI is InChI=1S/C26H36N2O3S/c1-18(2)22-9-8-10-23(19(3)4)24(22)28-25(29)27-17-26(15-6-7-16-26)32(30,31)21-13-11-20(5)12-14-21/h8-14,18-19H,6-7,15-17H2,1-5H3,(H2,27,28,29). The third-order valence-electron chi connectivity index (χ3n) is 6.60. The van der Waals surface area contributed by atoms with Gasteiger partial charge in [-0.2, -0.15) is 0 Å². The molecule has 0 aliphatic heterocycles. The van der Waals surface area contributed by atoms with E-state index >= 15 is 0 Å². The SMILES string of the molecule is Cc1ccc(S(=O)(=O)C2(CNC(=O)Nc3c(C(C)C)cccc3C(C)C)CCCC2)cc1. The largest absolute Gasteiger partial charge is 0.336 e. The summed E-state index contributed by atoms with van der Waals surface area (Å²) in [6.45, 7) is 10.5. The van der Waals surface area contributed by atoms with Gasteiger partial charge in [0.25, 0.3) is 0 Å². The molecule has 2 amide bonds. The molecule has 0 atom stereocenters. The highest BCUT2D eigenvalue weighted by atomic mass is 32.2. The van der Waals surface area contributed by atoms with Gasteiger partial charge in [0.2, 0.25) is 0 Å². The Labute approximate surface area is 192 Å². The fourth-order valence-corrected chi connectivity index (χ4v) is 6.70. The molecule has 5 nitrogen and oxygen atoms in total. The highest BCUT2D eigenvalue weighted by molar-refractivity contribution is 7.92. The molecule has 0 spiro atoms. The Kier molecular flexibility index (Phi) is 7.33. The molecule has 2 aromatic carbocycles. The van der Waals surface area contributed by atoms with Crippen LogP contribution in [0, 0.1) is 6.92 Å². The molecule has 0 bridgehead atoms. The first-order valence-electron chi connectivity index (χ1n) is 11.6. The maximum atomic E-state index is 13.6. The molecule has 0 unspecified atom stereocenters. The summed E-state index contributed by atoms with van der Waals surface area (Å²) >= 11 is 0. The van der Waals surface area contributed by atoms with Crippen LogP contribution in [0.15, 0.2) is 47.4 Å². The summed E-state index contributed by atoms with van der Waals surface area (Å²) in [5.74, 6) is 0.513. The molecular formula is C26H36N2O3S. The van der Waals surface area contributed by atoms with E-state index in [1.807, 2.05) is 37.3 Å². The molecule has 0 radical (unpaired) electrons. The van der Waals surface area contributed by atoms with Crippen LogP contribution in [-0.2, 0) is 9.84 Å². The Hall–Kier alpha value is -2.34. The predicted molar refractivity (Wildman–Crippen MR) is 131 cm³/mol. The van der Waals surface area contributed by atoms with Gasteiger partial charge in [0, 0.05) is 12.2 Å². The normalized spacial score (nSPS) is 15.8. The van der Waals surface area contributed by atoms with Crippen molar-refractivity contribution in [3.8, 4) is 0 Å². The van der Waals surface area contributed by atoms with Crippen LogP contribution in [0.2, 0.25) is 0 Å². The minimum atomic E-state index is -3.57. The molecule has 1 saturated carbocycles. The average Bonchev–Trinajstić information content (AvgIpc) is 3.23. The van der Waals surface area contributed by atoms with Gasteiger partial charge >= 0.3 is 6.03 Å². The Morgan fingerprint density at radius 3 is 1.97 bits per heavy atom. The first-order chi connectivity index (χ1) is 15.1. The van der Waals surface area contributed by atoms with Crippen molar-refractivity contribution in [1.29, 1.82) is 0 Å². The third-order valence-corrected chi connectivity index (χ3v) is 9.18. The molecule has 0 heterocycles. The van der Waals surface area contributed by atoms with E-state index in [0.29, 0.717) is 17.7 Å². The Morgan fingerprint density at radius 2 is 1.47 bits per heavy atom. The fraction of sp³-hybridized carbons (Fsp3) is 0.500. The second-order valence-electron chi connectivity index (χ2n) is 9.64. The van der Waals surface area contributed by atoms with Crippen molar-refractivity contribution in [2.75, 3.05) is 11.9 Å². The summed E-state index contributed by atoms with van der Waals surface area (Å²) in [5.41, 5.74) is 4.01. The van der Waals surface area contributed by atoms with Crippen molar-refractivity contribution >= 4 is 21.6 Å². The number of hydrogen-bond acceptors (Lipinski definition) is 3. The van der Waals surface area contributed by atoms with E-state index < -0.39 is 14.6 Å². The van der Waals surface area contributed by atoms with Gasteiger partial charge in [0.15, 0.2) is 9.84 Å². The van der Waals surface area contributed by atoms with E-state index in [1.165, 1.54) is 0 Å². The quantitative estimate of drug-likeness (QED) is 0.525. The van der Waals surface area contributed by atoms with Crippen molar-refractivity contribution in [3.63, 3.8) is 0 Å². The third kappa shape index (κ3) is 4.85. The zero-order valence-electron chi connectivity index (χ0n) is 19.9. The predicted octanol–water partition coefficient (Wildman–Crippen LogP) is 6.15. The summed E-state index contributed by atoms with van der Waals surface area (Å²) in [7, 11) is -3.57. The Balaban J connectivity index is 1.82. The van der Waals surface area contributed by atoms with E-state index in [9.17, 15) is 13.2 Å². The zero-order chi connectivity index (χ0) is 23.5. The first-order valence-corrected chi connectivity index (χ1v) is 13.0. The van der Waals surface area contributed by atoms with Crippen molar-refractivity contribution in [1.82, 2.24) is 5.32 Å². The molecule has 174 valence electrons. The van der Waals surface area contributed by atoms with E-state index in [0.717, 1.165) is 35.2 Å². The molecule has 1 aliphatic carbocycles. The average molecular weight is 457 g/mol. The minimum Gasteiger partial charge on any atom is -0.336 e. The molecule has 0 saturated heterocycles. The zero-order valence-corrected chi connectivity index (χ0v) is 20.7. The summed E-state index contributed by atoms with van der Waals surface area (Å²) in [4.78, 5) is 13.3. The van der Waals surface area contributed by atoms with Gasteiger partial charge in [-0.05, 0) is 54.9 Å². The molecule has 32 heavy (non-hydrogen) atoms. The van der Waals surface area contributed by atoms with Crippen molar-refractivity contribution in [2.45, 2.75) is 81.8 Å². The molecule has 1 aliphatic rings. The van der Waals surface area contributed by atoms with Gasteiger partial charge in [0.1, 0.15) is 0 Å². The van der Waals surface area contributed by atoms with Crippen LogP contribution < -0.4 is 10.6 Å². The van der Waals surface area contributed by atoms with E-state index in [2.05, 4.69) is 38.3 Å². The molecule has 1 fully saturated rings. The number of nitrogens with one attached hydrogen (secondary N) is 2. The lowest BCUT2D eigenvalue weighted by Gasteiger charge is -2.29. The minimum absolute atomic E-state index is 0.107. The van der Waals surface area contributed by atoms with Crippen molar-refractivity contribution < 1.29 is 13.2 Å². The lowest BCUT2D eigenvalue weighted by molar-refractivity contribution is 0.250. The number of aryl methyl sites for hydroxylation is 1. The van der Waals surface area contributed by atoms with Gasteiger partial charge in [0.05, 0.1) is 9.64 Å². The van der Waals surface area contributed by atoms with Crippen LogP contribution in [-0.4, -0.2) is 25.7 Å². The van der Waals surface area contributed by atoms with Gasteiger partial charge in [-0.3, -0.25) is 0 Å². The fourth-order valence-electron chi connectivity index (χ4n) is 4.62. The van der Waals surface area contributed by atoms with E-state index in [1.54, 1.807) is 12.1 Å². The molecule has 6 heteroatoms. The number of amides is 2. The maximum absolute atomic E-state index is 13.6. The number of anilines is 1. The lowest BCUT2D eigenvalue weighted by Crippen LogP contribution is -2.48. The monoisotopic (exact) mass is 456 g/mol. The number of sulfone groups is 1. The van der Waals surface area contributed by atoms with Crippen molar-refractivity contribution in [2.24, 2.45) is 0 Å². The van der Waals surface area contributed by atoms with Gasteiger partial charge < -0.3 is 10.6 Å². The van der Waals surface area contributed by atoms with Crippen LogP contribution in [0.5, 0.6) is 0 Å². The summed E-state index contributed by atoms with van der Waals surface area (Å²) in [5, 5.41) is 5.94. The number of rotatable bonds is 7. The lowest BCUT2D eigenvalue weighted by atomic mass is 9.93. The summed E-state index contributed by atoms with van der Waals surface area (Å²) < 4.78 is 26.1. The summed E-state index contributed by atoms with van der Waals surface area (Å²) in [6.07, 6.45) is 2.82. The molecule has 2 aromatic rings. The van der Waals surface area contributed by atoms with E-state index in [4.69, 9.17) is 0 Å². The number of carbonyl (C=O) groups excluding carboxylic acids is 1. The first kappa shape index (κ1) is 24.3. The number of benzene rings is 2. The Morgan fingerprint density at radius 1 is 0.938 bits per heavy atom. The van der Waals surface area contributed by atoms with Crippen LogP contribution >= 0.6 is 0 Å². The number of hydrogen-bond donors (Lipinski definition) is 2. The van der Waals surface area contributed by atoms with Gasteiger partial charge in [-0.25, -0.2) is 13.2 Å². The second-order valence-corrected chi connectivity index (χ2v) is 12.0. The maximum Gasteiger partial charge on any atom is 0.319 e. The topological polar surface area (TPSA) is 75.3 Å². The van der Waals surface area contributed by atoms with Crippen LogP contribution in [0.4, 0.5) is 10.5 Å². The van der Waals surface area contributed by atoms with Crippen LogP contribution in [0.25, 0.3) is 0 Å². The van der Waals surface area contributed by atoms with Crippen LogP contribution in [0.3, 0.4) is 0 Å². The van der Waals surface area contributed by atoms with Gasteiger partial charge in [-0.15, -0.1) is 0 Å². The smallest absolute Gasteiger partial charge is 0.319 e. The van der Waals surface area contributed by atoms with Crippen molar-refractivity contribution in [3.05, 3.63) is 59.2 Å². The Bertz CT molecular complexity index is 1020. The molecule has 0 aromatic heterocycles. The molecule has 3 rings (SSSR count). The van der Waals surface area contributed by atoms with E-state index in [-0.39, 0.29) is 24.4 Å². The number of urea groups is 1. The van der Waals surface area contributed by atoms with Gasteiger partial charge in [-0.1, -0.05) is 76.4 Å². The molecular weight excluding hydrogens is 420 g/mol. The number of carbonyl (C=O) groups is 1.